The Balaban J connectivity index is 1.59. The second kappa shape index (κ2) is 9.52. The highest BCUT2D eigenvalue weighted by Gasteiger charge is 2.34. The fraction of sp³-hybridized carbons (Fsp3) is 0.333. The number of aromatic nitrogens is 2. The lowest BCUT2D eigenvalue weighted by Gasteiger charge is -2.42. The van der Waals surface area contributed by atoms with Crippen LogP contribution >= 0.6 is 0 Å². The quantitative estimate of drug-likeness (QED) is 0.386. The molecule has 0 radical (unpaired) electrons. The highest BCUT2D eigenvalue weighted by atomic mass is 16.4. The summed E-state index contributed by atoms with van der Waals surface area (Å²) in [4.78, 5) is 35.0. The summed E-state index contributed by atoms with van der Waals surface area (Å²) in [5, 5.41) is 15.4. The lowest BCUT2D eigenvalue weighted by molar-refractivity contribution is 0.102. The summed E-state index contributed by atoms with van der Waals surface area (Å²) in [6.45, 7) is 4.97. The molecule has 3 aromatic rings. The second-order valence-electron chi connectivity index (χ2n) is 8.68. The average molecular weight is 464 g/mol. The minimum absolute atomic E-state index is 0.0397. The number of rotatable bonds is 5. The Labute approximate surface area is 197 Å². The molecule has 34 heavy (non-hydrogen) atoms. The number of nitrogens with zero attached hydrogens (tertiary/aromatic N) is 3. The maximum absolute atomic E-state index is 13.2. The number of hydrogen-bond acceptors (Lipinski definition) is 7. The Kier molecular flexibility index (Phi) is 6.51. The minimum Gasteiger partial charge on any atom is -0.465 e. The van der Waals surface area contributed by atoms with Gasteiger partial charge < -0.3 is 32.1 Å². The molecule has 2 aromatic heterocycles. The molecule has 0 unspecified atom stereocenters. The van der Waals surface area contributed by atoms with Crippen LogP contribution in [0.3, 0.4) is 0 Å². The Morgan fingerprint density at radius 3 is 2.74 bits per heavy atom. The highest BCUT2D eigenvalue weighted by Crippen LogP contribution is 2.30. The molecule has 0 saturated carbocycles. The van der Waals surface area contributed by atoms with E-state index in [2.05, 4.69) is 27.5 Å². The number of carbonyl (C=O) groups excluding carboxylic acids is 1. The van der Waals surface area contributed by atoms with Gasteiger partial charge in [0, 0.05) is 30.7 Å². The van der Waals surface area contributed by atoms with Gasteiger partial charge in [0.05, 0.1) is 34.8 Å². The molecule has 0 spiro atoms. The Bertz CT molecular complexity index is 1220. The first-order valence-corrected chi connectivity index (χ1v) is 11.2. The van der Waals surface area contributed by atoms with Crippen LogP contribution in [0, 0.1) is 5.92 Å². The van der Waals surface area contributed by atoms with Gasteiger partial charge in [0.1, 0.15) is 0 Å². The number of hydrogen-bond donors (Lipinski definition) is 5. The molecule has 178 valence electrons. The van der Waals surface area contributed by atoms with Gasteiger partial charge in [-0.15, -0.1) is 0 Å². The summed E-state index contributed by atoms with van der Waals surface area (Å²) >= 11 is 0. The molecule has 1 aliphatic rings. The van der Waals surface area contributed by atoms with Crippen LogP contribution < -0.4 is 27.0 Å². The number of nitrogen functional groups attached to an aromatic ring is 1. The first-order chi connectivity index (χ1) is 16.3. The number of anilines is 3. The number of nitrogens with one attached hydrogen (secondary N) is 2. The molecule has 1 saturated heterocycles. The summed E-state index contributed by atoms with van der Waals surface area (Å²) in [5.74, 6) is -0.475. The maximum atomic E-state index is 13.2. The number of aryl methyl sites for hydroxylation is 1. The number of nitrogens with two attached hydrogens (primary N) is 2. The topological polar surface area (TPSA) is 159 Å². The van der Waals surface area contributed by atoms with Gasteiger partial charge in [-0.1, -0.05) is 26.0 Å². The van der Waals surface area contributed by atoms with E-state index in [0.29, 0.717) is 24.3 Å². The Morgan fingerprint density at radius 1 is 1.24 bits per heavy atom. The van der Waals surface area contributed by atoms with E-state index in [-0.39, 0.29) is 23.3 Å². The summed E-state index contributed by atoms with van der Waals surface area (Å²) in [7, 11) is 0. The predicted molar refractivity (Wildman–Crippen MR) is 132 cm³/mol. The SMILES string of the molecule is CCc1ccc2cc(N)c(C(=O)Nc3cnccc3N3C[C@H](C)[C@H](NC(=O)O)[C@@H](N)C3)nc2c1. The molecular weight excluding hydrogens is 434 g/mol. The minimum atomic E-state index is -1.09. The number of benzene rings is 1. The molecule has 4 rings (SSSR count). The van der Waals surface area contributed by atoms with Crippen LogP contribution in [0.1, 0.15) is 29.9 Å². The van der Waals surface area contributed by atoms with Crippen LogP contribution in [0.15, 0.2) is 42.7 Å². The normalized spacial score (nSPS) is 20.2. The molecule has 3 atom stereocenters. The van der Waals surface area contributed by atoms with E-state index in [4.69, 9.17) is 16.6 Å². The van der Waals surface area contributed by atoms with Gasteiger partial charge in [-0.2, -0.15) is 0 Å². The van der Waals surface area contributed by atoms with Gasteiger partial charge in [-0.25, -0.2) is 9.78 Å². The second-order valence-corrected chi connectivity index (χ2v) is 8.68. The first kappa shape index (κ1) is 23.2. The lowest BCUT2D eigenvalue weighted by Crippen LogP contribution is -2.61. The summed E-state index contributed by atoms with van der Waals surface area (Å²) in [5.41, 5.74) is 16.0. The number of carboxylic acid groups (broad SMARTS) is 1. The molecule has 10 nitrogen and oxygen atoms in total. The van der Waals surface area contributed by atoms with Crippen molar-refractivity contribution < 1.29 is 14.7 Å². The van der Waals surface area contributed by atoms with Crippen LogP contribution in [0.2, 0.25) is 0 Å². The van der Waals surface area contributed by atoms with E-state index in [1.54, 1.807) is 24.5 Å². The number of piperidine rings is 1. The Morgan fingerprint density at radius 2 is 2.03 bits per heavy atom. The van der Waals surface area contributed by atoms with Crippen molar-refractivity contribution in [3.05, 3.63) is 54.0 Å². The van der Waals surface area contributed by atoms with Crippen molar-refractivity contribution in [1.29, 1.82) is 0 Å². The fourth-order valence-electron chi connectivity index (χ4n) is 4.49. The standard InChI is InChI=1S/C24H29N7O3/c1-3-14-4-5-15-9-16(25)22(28-18(15)8-14)23(32)29-19-10-27-7-6-20(19)31-11-13(2)21(17(26)12-31)30-24(33)34/h4-10,13,17,21,30H,3,11-12,25-26H2,1-2H3,(H,29,32)(H,33,34)/t13-,17-,21-/m0/s1. The summed E-state index contributed by atoms with van der Waals surface area (Å²) in [6.07, 6.45) is 2.97. The maximum Gasteiger partial charge on any atom is 0.404 e. The van der Waals surface area contributed by atoms with Crippen molar-refractivity contribution >= 4 is 40.0 Å². The molecule has 0 aliphatic carbocycles. The molecular formula is C24H29N7O3. The lowest BCUT2D eigenvalue weighted by atomic mass is 9.90. The monoisotopic (exact) mass is 463 g/mol. The van der Waals surface area contributed by atoms with Crippen molar-refractivity contribution in [2.45, 2.75) is 32.4 Å². The van der Waals surface area contributed by atoms with Gasteiger partial charge in [-0.3, -0.25) is 9.78 Å². The molecule has 10 heteroatoms. The molecule has 0 bridgehead atoms. The third-order valence-electron chi connectivity index (χ3n) is 6.23. The van der Waals surface area contributed by atoms with E-state index >= 15 is 0 Å². The van der Waals surface area contributed by atoms with E-state index in [1.165, 1.54) is 0 Å². The van der Waals surface area contributed by atoms with E-state index < -0.39 is 18.0 Å². The number of pyridine rings is 2. The van der Waals surface area contributed by atoms with Gasteiger partial charge in [0.15, 0.2) is 5.69 Å². The van der Waals surface area contributed by atoms with E-state index in [9.17, 15) is 9.59 Å². The molecule has 1 aromatic carbocycles. The van der Waals surface area contributed by atoms with E-state index in [1.807, 2.05) is 30.0 Å². The summed E-state index contributed by atoms with van der Waals surface area (Å²) < 4.78 is 0. The zero-order chi connectivity index (χ0) is 24.4. The smallest absolute Gasteiger partial charge is 0.404 e. The average Bonchev–Trinajstić information content (AvgIpc) is 2.80. The molecule has 3 heterocycles. The van der Waals surface area contributed by atoms with Crippen molar-refractivity contribution in [2.24, 2.45) is 11.7 Å². The summed E-state index contributed by atoms with van der Waals surface area (Å²) in [6, 6.07) is 8.70. The zero-order valence-corrected chi connectivity index (χ0v) is 19.2. The number of fused-ring (bicyclic) bond motifs is 1. The van der Waals surface area contributed by atoms with Crippen LogP contribution in [0.5, 0.6) is 0 Å². The highest BCUT2D eigenvalue weighted by molar-refractivity contribution is 6.09. The van der Waals surface area contributed by atoms with Crippen LogP contribution in [-0.4, -0.2) is 52.2 Å². The Hall–Kier alpha value is -3.92. The van der Waals surface area contributed by atoms with Crippen molar-refractivity contribution in [1.82, 2.24) is 15.3 Å². The molecule has 1 aliphatic heterocycles. The number of amides is 2. The van der Waals surface area contributed by atoms with Crippen molar-refractivity contribution in [3.8, 4) is 0 Å². The van der Waals surface area contributed by atoms with Crippen LogP contribution in [-0.2, 0) is 6.42 Å². The van der Waals surface area contributed by atoms with E-state index in [0.717, 1.165) is 23.1 Å². The van der Waals surface area contributed by atoms with Crippen LogP contribution in [0.4, 0.5) is 21.9 Å². The fourth-order valence-corrected chi connectivity index (χ4v) is 4.49. The third-order valence-corrected chi connectivity index (χ3v) is 6.23. The van der Waals surface area contributed by atoms with Gasteiger partial charge in [0.2, 0.25) is 0 Å². The first-order valence-electron chi connectivity index (χ1n) is 11.2. The van der Waals surface area contributed by atoms with Crippen LogP contribution in [0.25, 0.3) is 10.9 Å². The molecule has 1 fully saturated rings. The number of carbonyl (C=O) groups is 2. The van der Waals surface area contributed by atoms with Crippen molar-refractivity contribution in [2.75, 3.05) is 29.0 Å². The zero-order valence-electron chi connectivity index (χ0n) is 19.2. The largest absolute Gasteiger partial charge is 0.465 e. The molecule has 2 amide bonds. The van der Waals surface area contributed by atoms with Gasteiger partial charge >= 0.3 is 6.09 Å². The predicted octanol–water partition coefficient (Wildman–Crippen LogP) is 2.45. The molecule has 7 N–H and O–H groups in total. The third kappa shape index (κ3) is 4.72. The van der Waals surface area contributed by atoms with Crippen molar-refractivity contribution in [3.63, 3.8) is 0 Å². The van der Waals surface area contributed by atoms with Gasteiger partial charge in [0.25, 0.3) is 5.91 Å². The van der Waals surface area contributed by atoms with Gasteiger partial charge in [-0.05, 0) is 36.1 Å².